The smallest absolute Gasteiger partial charge is 0.0487 e. The van der Waals surface area contributed by atoms with E-state index in [9.17, 15) is 5.11 Å². The van der Waals surface area contributed by atoms with Crippen LogP contribution >= 0.6 is 0 Å². The summed E-state index contributed by atoms with van der Waals surface area (Å²) in [5.41, 5.74) is 4.95. The number of allylic oxidation sites excluding steroid dienone is 4. The molecule has 1 aliphatic heterocycles. The molecule has 5 aliphatic rings. The first kappa shape index (κ1) is 23.2. The molecule has 4 aliphatic carbocycles. The van der Waals surface area contributed by atoms with E-state index in [1.807, 2.05) is 0 Å². The molecule has 0 aromatic rings. The van der Waals surface area contributed by atoms with Gasteiger partial charge in [0.2, 0.25) is 0 Å². The lowest BCUT2D eigenvalue weighted by Gasteiger charge is -2.67. The van der Waals surface area contributed by atoms with Gasteiger partial charge >= 0.3 is 0 Å². The Kier molecular flexibility index (Phi) is 5.04. The van der Waals surface area contributed by atoms with E-state index in [0.29, 0.717) is 28.8 Å². The summed E-state index contributed by atoms with van der Waals surface area (Å²) >= 11 is 0. The quantitative estimate of drug-likeness (QED) is 0.459. The van der Waals surface area contributed by atoms with Crippen molar-refractivity contribution in [2.75, 3.05) is 13.2 Å². The van der Waals surface area contributed by atoms with Crippen molar-refractivity contribution in [2.45, 2.75) is 112 Å². The summed E-state index contributed by atoms with van der Waals surface area (Å²) in [7, 11) is 0. The van der Waals surface area contributed by atoms with Gasteiger partial charge in [-0.05, 0) is 123 Å². The van der Waals surface area contributed by atoms with Gasteiger partial charge in [-0.3, -0.25) is 0 Å². The van der Waals surface area contributed by atoms with Gasteiger partial charge < -0.3 is 10.4 Å². The zero-order valence-electron chi connectivity index (χ0n) is 22.0. The Hall–Kier alpha value is -0.600. The minimum absolute atomic E-state index is 0.0618. The van der Waals surface area contributed by atoms with Crippen LogP contribution in [0, 0.1) is 38.9 Å². The van der Waals surface area contributed by atoms with Crippen molar-refractivity contribution in [1.82, 2.24) is 5.32 Å². The van der Waals surface area contributed by atoms with Crippen molar-refractivity contribution in [3.63, 3.8) is 0 Å². The minimum atomic E-state index is 0.0618. The van der Waals surface area contributed by atoms with Crippen LogP contribution in [0.3, 0.4) is 0 Å². The van der Waals surface area contributed by atoms with Crippen LogP contribution in [-0.2, 0) is 0 Å². The van der Waals surface area contributed by atoms with Gasteiger partial charge in [0.15, 0.2) is 0 Å². The first-order chi connectivity index (χ1) is 14.8. The lowest BCUT2D eigenvalue weighted by Crippen LogP contribution is -2.62. The van der Waals surface area contributed by atoms with Gasteiger partial charge in [-0.1, -0.05) is 52.3 Å². The van der Waals surface area contributed by atoms with Crippen LogP contribution in [0.2, 0.25) is 0 Å². The molecule has 0 radical (unpaired) electrons. The molecule has 0 aromatic carbocycles. The first-order valence-corrected chi connectivity index (χ1v) is 13.6. The predicted molar refractivity (Wildman–Crippen MR) is 134 cm³/mol. The molecule has 1 saturated heterocycles. The van der Waals surface area contributed by atoms with E-state index >= 15 is 0 Å². The molecule has 180 valence electrons. The average Bonchev–Trinajstić information content (AvgIpc) is 2.85. The molecule has 1 unspecified atom stereocenters. The van der Waals surface area contributed by atoms with Crippen molar-refractivity contribution in [3.8, 4) is 0 Å². The van der Waals surface area contributed by atoms with Crippen LogP contribution in [-0.4, -0.2) is 23.8 Å². The highest BCUT2D eigenvalue weighted by atomic mass is 16.3. The third kappa shape index (κ3) is 2.90. The van der Waals surface area contributed by atoms with E-state index in [1.165, 1.54) is 51.4 Å². The number of hydrogen-bond acceptors (Lipinski definition) is 2. The Morgan fingerprint density at radius 3 is 2.38 bits per heavy atom. The summed E-state index contributed by atoms with van der Waals surface area (Å²) in [6, 6.07) is 0. The molecule has 2 nitrogen and oxygen atoms in total. The van der Waals surface area contributed by atoms with Crippen LogP contribution < -0.4 is 5.32 Å². The second-order valence-electron chi connectivity index (χ2n) is 14.5. The van der Waals surface area contributed by atoms with Crippen LogP contribution in [0.25, 0.3) is 0 Å². The Morgan fingerprint density at radius 2 is 1.66 bits per heavy atom. The second-order valence-corrected chi connectivity index (χ2v) is 14.5. The molecule has 2 saturated carbocycles. The number of aliphatic hydroxyl groups excluding tert-OH is 1. The fourth-order valence-electron chi connectivity index (χ4n) is 9.80. The maximum atomic E-state index is 10.2. The van der Waals surface area contributed by atoms with Gasteiger partial charge in [0, 0.05) is 12.1 Å². The Bertz CT molecular complexity index is 855. The highest BCUT2D eigenvalue weighted by molar-refractivity contribution is 5.45. The van der Waals surface area contributed by atoms with E-state index in [4.69, 9.17) is 0 Å². The Balaban J connectivity index is 1.65. The summed E-state index contributed by atoms with van der Waals surface area (Å²) in [5.74, 6) is 1.39. The number of hydrogen-bond donors (Lipinski definition) is 2. The fourth-order valence-corrected chi connectivity index (χ4v) is 9.80. The molecule has 0 aromatic heterocycles. The molecule has 0 bridgehead atoms. The fraction of sp³-hybridized carbons (Fsp3) is 0.867. The molecular weight excluding hydrogens is 390 g/mol. The Labute approximate surface area is 197 Å². The van der Waals surface area contributed by atoms with Crippen molar-refractivity contribution < 1.29 is 5.11 Å². The molecule has 0 amide bonds. The van der Waals surface area contributed by atoms with Crippen LogP contribution in [0.1, 0.15) is 106 Å². The molecule has 32 heavy (non-hydrogen) atoms. The normalized spacial score (nSPS) is 52.4. The lowest BCUT2D eigenvalue weighted by atomic mass is 9.37. The summed E-state index contributed by atoms with van der Waals surface area (Å²) in [6.07, 6.45) is 16.8. The summed E-state index contributed by atoms with van der Waals surface area (Å²) in [6.45, 7) is 19.2. The number of aliphatic hydroxyl groups is 1. The molecule has 3 fully saturated rings. The maximum Gasteiger partial charge on any atom is 0.0487 e. The van der Waals surface area contributed by atoms with E-state index in [2.05, 4.69) is 65.9 Å². The van der Waals surface area contributed by atoms with E-state index in [1.54, 1.807) is 11.1 Å². The summed E-state index contributed by atoms with van der Waals surface area (Å²) in [5, 5.41) is 14.1. The SMILES string of the molecule is CC1(C)NCCC[C@]2(C)C3C=CC4=C5C[C@@](C)(CO)CC[C@]5(C)CC[C@@]4(C)[C@]3(C)CC[C@@H]12. The molecular formula is C30H49NO. The minimum Gasteiger partial charge on any atom is -0.396 e. The predicted octanol–water partition coefficient (Wildman–Crippen LogP) is 7.04. The largest absolute Gasteiger partial charge is 0.396 e. The van der Waals surface area contributed by atoms with Crippen LogP contribution in [0.5, 0.6) is 0 Å². The topological polar surface area (TPSA) is 32.3 Å². The highest BCUT2D eigenvalue weighted by Gasteiger charge is 2.65. The second kappa shape index (κ2) is 6.97. The monoisotopic (exact) mass is 439 g/mol. The van der Waals surface area contributed by atoms with Crippen LogP contribution in [0.4, 0.5) is 0 Å². The van der Waals surface area contributed by atoms with Crippen molar-refractivity contribution in [3.05, 3.63) is 23.3 Å². The van der Waals surface area contributed by atoms with Crippen molar-refractivity contribution >= 4 is 0 Å². The Morgan fingerprint density at radius 1 is 0.938 bits per heavy atom. The van der Waals surface area contributed by atoms with Gasteiger partial charge in [0.05, 0.1) is 0 Å². The number of nitrogens with one attached hydrogen (secondary N) is 1. The standard InChI is InChI=1S/C30H49NO/c1-25(2)23-11-13-30(7)24(28(23,5)12-8-18-31-25)10-9-21-22-19-26(3,20-32)14-15-27(22,4)16-17-29(21,30)6/h9-10,23-24,31-32H,8,11-20H2,1-7H3/t23-,24?,26-,27+,28-,29+,30+/m0/s1. The molecule has 2 N–H and O–H groups in total. The third-order valence-corrected chi connectivity index (χ3v) is 12.3. The van der Waals surface area contributed by atoms with Gasteiger partial charge in [-0.2, -0.15) is 0 Å². The first-order valence-electron chi connectivity index (χ1n) is 13.6. The number of rotatable bonds is 1. The maximum absolute atomic E-state index is 10.2. The molecule has 0 spiro atoms. The van der Waals surface area contributed by atoms with Gasteiger partial charge in [-0.15, -0.1) is 0 Å². The molecule has 7 atom stereocenters. The molecule has 5 rings (SSSR count). The van der Waals surface area contributed by atoms with Crippen LogP contribution in [0.15, 0.2) is 23.3 Å². The zero-order chi connectivity index (χ0) is 23.2. The lowest BCUT2D eigenvalue weighted by molar-refractivity contribution is -0.119. The van der Waals surface area contributed by atoms with Gasteiger partial charge in [0.25, 0.3) is 0 Å². The number of fused-ring (bicyclic) bond motifs is 6. The van der Waals surface area contributed by atoms with E-state index in [-0.39, 0.29) is 16.4 Å². The average molecular weight is 440 g/mol. The summed E-state index contributed by atoms with van der Waals surface area (Å²) < 4.78 is 0. The molecule has 2 heteroatoms. The van der Waals surface area contributed by atoms with Gasteiger partial charge in [-0.25, -0.2) is 0 Å². The highest BCUT2D eigenvalue weighted by Crippen LogP contribution is 2.72. The van der Waals surface area contributed by atoms with E-state index in [0.717, 1.165) is 18.9 Å². The van der Waals surface area contributed by atoms with E-state index < -0.39 is 0 Å². The van der Waals surface area contributed by atoms with Crippen molar-refractivity contribution in [2.24, 2.45) is 38.9 Å². The summed E-state index contributed by atoms with van der Waals surface area (Å²) in [4.78, 5) is 0. The zero-order valence-corrected chi connectivity index (χ0v) is 22.0. The third-order valence-electron chi connectivity index (χ3n) is 12.3. The van der Waals surface area contributed by atoms with Crippen molar-refractivity contribution in [1.29, 1.82) is 0 Å². The molecule has 1 heterocycles. The van der Waals surface area contributed by atoms with Gasteiger partial charge in [0.1, 0.15) is 0 Å².